The zero-order valence-corrected chi connectivity index (χ0v) is 26.6. The molecule has 3 amide bonds. The lowest BCUT2D eigenvalue weighted by molar-refractivity contribution is -0.148. The molecule has 1 N–H and O–H groups in total. The molecule has 3 unspecified atom stereocenters. The van der Waals surface area contributed by atoms with E-state index in [4.69, 9.17) is 4.74 Å². The Kier molecular flexibility index (Phi) is 10.3. The quantitative estimate of drug-likeness (QED) is 0.392. The Labute approximate surface area is 256 Å². The number of benzene rings is 2. The highest BCUT2D eigenvalue weighted by atomic mass is 19.1. The van der Waals surface area contributed by atoms with E-state index in [1.165, 1.54) is 12.1 Å². The molecule has 0 bridgehead atoms. The maximum Gasteiger partial charge on any atom is 0.247 e. The number of carbonyl (C=O) groups excluding carboxylic acids is 3. The normalized spacial score (nSPS) is 22.2. The van der Waals surface area contributed by atoms with Crippen molar-refractivity contribution >= 4 is 17.7 Å². The van der Waals surface area contributed by atoms with Crippen LogP contribution in [0.4, 0.5) is 4.39 Å². The largest absolute Gasteiger partial charge is 0.374 e. The van der Waals surface area contributed by atoms with E-state index in [9.17, 15) is 18.8 Å². The van der Waals surface area contributed by atoms with Gasteiger partial charge in [0.05, 0.1) is 18.6 Å². The molecule has 43 heavy (non-hydrogen) atoms. The highest BCUT2D eigenvalue weighted by Crippen LogP contribution is 2.50. The first-order valence-electron chi connectivity index (χ1n) is 15.6. The van der Waals surface area contributed by atoms with Gasteiger partial charge in [0.1, 0.15) is 11.9 Å². The molecule has 0 saturated carbocycles. The fraction of sp³-hybridized carbons (Fsp3) is 0.571. The molecule has 2 aliphatic rings. The van der Waals surface area contributed by atoms with Crippen LogP contribution in [0.25, 0.3) is 0 Å². The van der Waals surface area contributed by atoms with Gasteiger partial charge in [-0.1, -0.05) is 70.2 Å². The van der Waals surface area contributed by atoms with Crippen LogP contribution < -0.4 is 5.32 Å². The van der Waals surface area contributed by atoms with E-state index >= 15 is 0 Å². The lowest BCUT2D eigenvalue weighted by atomic mass is 9.69. The number of hydrogen-bond acceptors (Lipinski definition) is 4. The summed E-state index contributed by atoms with van der Waals surface area (Å²) < 4.78 is 19.8. The molecule has 2 heterocycles. The Bertz CT molecular complexity index is 1260. The summed E-state index contributed by atoms with van der Waals surface area (Å²) in [6, 6.07) is 15.2. The molecule has 2 aliphatic heterocycles. The van der Waals surface area contributed by atoms with Crippen LogP contribution >= 0.6 is 0 Å². The van der Waals surface area contributed by atoms with Gasteiger partial charge in [0.25, 0.3) is 0 Å². The molecule has 4 rings (SSSR count). The summed E-state index contributed by atoms with van der Waals surface area (Å²) in [6.07, 6.45) is 1.98. The van der Waals surface area contributed by atoms with Gasteiger partial charge in [0.15, 0.2) is 0 Å². The molecule has 1 spiro atoms. The van der Waals surface area contributed by atoms with Gasteiger partial charge in [0, 0.05) is 37.5 Å². The number of likely N-dealkylation sites (tertiary alicyclic amines) is 2. The lowest BCUT2D eigenvalue weighted by Crippen LogP contribution is -2.58. The Hall–Kier alpha value is -3.26. The third-order valence-corrected chi connectivity index (χ3v) is 8.84. The van der Waals surface area contributed by atoms with Crippen molar-refractivity contribution in [1.82, 2.24) is 15.1 Å². The van der Waals surface area contributed by atoms with E-state index in [2.05, 4.69) is 26.1 Å². The molecule has 2 aromatic carbocycles. The molecule has 0 aromatic heterocycles. The van der Waals surface area contributed by atoms with Gasteiger partial charge in [-0.05, 0) is 61.8 Å². The third-order valence-electron chi connectivity index (χ3n) is 8.84. The molecule has 2 aromatic rings. The fourth-order valence-corrected chi connectivity index (χ4v) is 6.77. The van der Waals surface area contributed by atoms with Crippen molar-refractivity contribution in [3.05, 3.63) is 71.5 Å². The Morgan fingerprint density at radius 3 is 2.37 bits per heavy atom. The number of halogens is 1. The van der Waals surface area contributed by atoms with Crippen LogP contribution in [0.15, 0.2) is 54.6 Å². The van der Waals surface area contributed by atoms with Crippen LogP contribution in [0.2, 0.25) is 0 Å². The SMILES string of the molecule is CC(CC(C)(C)C)C(=O)N[C@H](COCc1ccccc1)C(=O)N1CCCC2(C1)C(=O)N(C(C)C)CC2c1ccc(F)cc1. The molecule has 7 nitrogen and oxygen atoms in total. The van der Waals surface area contributed by atoms with Crippen molar-refractivity contribution in [2.45, 2.75) is 85.4 Å². The first kappa shape index (κ1) is 32.6. The number of amides is 3. The van der Waals surface area contributed by atoms with E-state index < -0.39 is 11.5 Å². The van der Waals surface area contributed by atoms with Crippen LogP contribution in [0.1, 0.15) is 77.8 Å². The summed E-state index contributed by atoms with van der Waals surface area (Å²) in [5.41, 5.74) is 1.03. The molecule has 4 atom stereocenters. The molecular formula is C35H48FN3O4. The van der Waals surface area contributed by atoms with Crippen LogP contribution in [0.3, 0.4) is 0 Å². The van der Waals surface area contributed by atoms with Gasteiger partial charge in [-0.3, -0.25) is 14.4 Å². The second kappa shape index (κ2) is 13.6. The monoisotopic (exact) mass is 593 g/mol. The van der Waals surface area contributed by atoms with E-state index in [0.717, 1.165) is 11.1 Å². The first-order chi connectivity index (χ1) is 20.3. The maximum absolute atomic E-state index is 14.2. The minimum Gasteiger partial charge on any atom is -0.374 e. The number of ether oxygens (including phenoxy) is 1. The second-order valence-corrected chi connectivity index (χ2v) is 13.9. The van der Waals surface area contributed by atoms with E-state index in [1.807, 2.05) is 56.0 Å². The Balaban J connectivity index is 1.57. The van der Waals surface area contributed by atoms with Gasteiger partial charge in [0.2, 0.25) is 17.7 Å². The van der Waals surface area contributed by atoms with Crippen LogP contribution in [-0.2, 0) is 25.7 Å². The summed E-state index contributed by atoms with van der Waals surface area (Å²) in [5.74, 6) is -1.16. The van der Waals surface area contributed by atoms with E-state index in [1.54, 1.807) is 17.0 Å². The van der Waals surface area contributed by atoms with Gasteiger partial charge in [-0.2, -0.15) is 0 Å². The topological polar surface area (TPSA) is 79.0 Å². The molecule has 234 valence electrons. The fourth-order valence-electron chi connectivity index (χ4n) is 6.77. The lowest BCUT2D eigenvalue weighted by Gasteiger charge is -2.43. The zero-order valence-electron chi connectivity index (χ0n) is 26.6. The predicted octanol–water partition coefficient (Wildman–Crippen LogP) is 5.54. The minimum absolute atomic E-state index is 0.00336. The summed E-state index contributed by atoms with van der Waals surface area (Å²) in [5, 5.41) is 3.00. The smallest absolute Gasteiger partial charge is 0.247 e. The van der Waals surface area contributed by atoms with Crippen molar-refractivity contribution in [3.63, 3.8) is 0 Å². The van der Waals surface area contributed by atoms with Crippen LogP contribution in [0, 0.1) is 22.6 Å². The number of piperidine rings is 1. The average molecular weight is 594 g/mol. The van der Waals surface area contributed by atoms with Crippen molar-refractivity contribution in [1.29, 1.82) is 0 Å². The highest BCUT2D eigenvalue weighted by Gasteiger charge is 2.57. The maximum atomic E-state index is 14.2. The minimum atomic E-state index is -0.879. The van der Waals surface area contributed by atoms with Gasteiger partial charge in [-0.15, -0.1) is 0 Å². The Morgan fingerprint density at radius 1 is 1.07 bits per heavy atom. The number of carbonyl (C=O) groups is 3. The van der Waals surface area contributed by atoms with Crippen molar-refractivity contribution in [3.8, 4) is 0 Å². The average Bonchev–Trinajstić information content (AvgIpc) is 3.23. The number of nitrogens with one attached hydrogen (secondary N) is 1. The molecule has 2 fully saturated rings. The molecule has 0 radical (unpaired) electrons. The number of nitrogens with zero attached hydrogens (tertiary/aromatic N) is 2. The number of rotatable bonds is 10. The summed E-state index contributed by atoms with van der Waals surface area (Å²) in [6.45, 7) is 13.8. The first-order valence-corrected chi connectivity index (χ1v) is 15.6. The standard InChI is InChI=1S/C35H48FN3O4/c1-24(2)39-20-29(27-13-15-28(36)16-14-27)35(33(39)42)17-10-18-38(23-35)32(41)30(22-43-21-26-11-8-7-9-12-26)37-31(40)25(3)19-34(4,5)6/h7-9,11-16,24-25,29-30H,10,17-23H2,1-6H3,(H,37,40)/t25?,29?,30-,35?/m1/s1. The van der Waals surface area contributed by atoms with Gasteiger partial charge < -0.3 is 19.9 Å². The summed E-state index contributed by atoms with van der Waals surface area (Å²) in [7, 11) is 0. The van der Waals surface area contributed by atoms with E-state index in [-0.39, 0.29) is 60.0 Å². The van der Waals surface area contributed by atoms with E-state index in [0.29, 0.717) is 39.0 Å². The zero-order chi connectivity index (χ0) is 31.4. The molecule has 2 saturated heterocycles. The highest BCUT2D eigenvalue weighted by molar-refractivity contribution is 5.91. The van der Waals surface area contributed by atoms with Crippen molar-refractivity contribution in [2.75, 3.05) is 26.2 Å². The van der Waals surface area contributed by atoms with Crippen LogP contribution in [-0.4, -0.2) is 65.8 Å². The molecule has 0 aliphatic carbocycles. The van der Waals surface area contributed by atoms with Gasteiger partial charge in [-0.25, -0.2) is 4.39 Å². The summed E-state index contributed by atoms with van der Waals surface area (Å²) in [4.78, 5) is 45.2. The predicted molar refractivity (Wildman–Crippen MR) is 166 cm³/mol. The van der Waals surface area contributed by atoms with Gasteiger partial charge >= 0.3 is 0 Å². The van der Waals surface area contributed by atoms with Crippen molar-refractivity contribution < 1.29 is 23.5 Å². The van der Waals surface area contributed by atoms with Crippen molar-refractivity contribution in [2.24, 2.45) is 16.7 Å². The van der Waals surface area contributed by atoms with Crippen LogP contribution in [0.5, 0.6) is 0 Å². The molecular weight excluding hydrogens is 545 g/mol. The second-order valence-electron chi connectivity index (χ2n) is 13.9. The molecule has 8 heteroatoms. The Morgan fingerprint density at radius 2 is 1.74 bits per heavy atom. The summed E-state index contributed by atoms with van der Waals surface area (Å²) >= 11 is 0. The third kappa shape index (κ3) is 7.83. The number of hydrogen-bond donors (Lipinski definition) is 1.